The zero-order chi connectivity index (χ0) is 31.7. The lowest BCUT2D eigenvalue weighted by Crippen LogP contribution is -2.13. The lowest BCUT2D eigenvalue weighted by atomic mass is 9.92. The van der Waals surface area contributed by atoms with Crippen LogP contribution in [0.5, 0.6) is 11.5 Å². The van der Waals surface area contributed by atoms with Crippen molar-refractivity contribution in [1.29, 1.82) is 0 Å². The molecule has 0 bridgehead atoms. The normalized spacial score (nSPS) is 12.2. The largest absolute Gasteiger partial charge is 0.519 e. The standard InChI is InChI=1S/C43H38O3/c1-31(29-33-9-5-3-6-10-33)35-13-17-37(18-14-35)39-21-25-41(26-22-39)45-43(44)46-42-27-23-40(24-28-42)38-19-15-36(16-20-38)32(2)30-34-11-7-4-8-12-34/h3-28,31-32H,29-30H2,1-2H3. The molecule has 6 aromatic carbocycles. The molecule has 0 aromatic heterocycles. The topological polar surface area (TPSA) is 35.5 Å². The molecule has 0 aliphatic rings. The molecule has 6 rings (SSSR count). The average Bonchev–Trinajstić information content (AvgIpc) is 3.10. The molecule has 0 aliphatic carbocycles. The molecule has 0 heterocycles. The van der Waals surface area contributed by atoms with Gasteiger partial charge in [-0.05, 0) is 93.5 Å². The first kappa shape index (κ1) is 30.6. The van der Waals surface area contributed by atoms with Crippen LogP contribution in [-0.4, -0.2) is 6.16 Å². The van der Waals surface area contributed by atoms with E-state index in [4.69, 9.17) is 9.47 Å². The van der Waals surface area contributed by atoms with E-state index in [1.54, 1.807) is 24.3 Å². The summed E-state index contributed by atoms with van der Waals surface area (Å²) in [4.78, 5) is 12.5. The molecule has 2 unspecified atom stereocenters. The van der Waals surface area contributed by atoms with Crippen LogP contribution in [0.25, 0.3) is 22.3 Å². The van der Waals surface area contributed by atoms with Gasteiger partial charge in [-0.1, -0.05) is 147 Å². The Hall–Kier alpha value is -5.41. The third-order valence-corrected chi connectivity index (χ3v) is 8.51. The van der Waals surface area contributed by atoms with E-state index >= 15 is 0 Å². The van der Waals surface area contributed by atoms with Crippen molar-refractivity contribution >= 4 is 6.16 Å². The maximum Gasteiger partial charge on any atom is 0.519 e. The number of carbonyl (C=O) groups is 1. The molecular formula is C43H38O3. The van der Waals surface area contributed by atoms with Gasteiger partial charge in [-0.3, -0.25) is 0 Å². The van der Waals surface area contributed by atoms with Crippen molar-refractivity contribution in [3.63, 3.8) is 0 Å². The summed E-state index contributed by atoms with van der Waals surface area (Å²) in [5.41, 5.74) is 9.64. The molecule has 0 saturated heterocycles. The highest BCUT2D eigenvalue weighted by atomic mass is 16.7. The van der Waals surface area contributed by atoms with Crippen LogP contribution < -0.4 is 9.47 Å². The number of benzene rings is 6. The molecule has 228 valence electrons. The summed E-state index contributed by atoms with van der Waals surface area (Å²) in [5.74, 6) is 1.72. The van der Waals surface area contributed by atoms with E-state index in [0.717, 1.165) is 35.1 Å². The highest BCUT2D eigenvalue weighted by molar-refractivity contribution is 5.70. The second kappa shape index (κ2) is 14.6. The van der Waals surface area contributed by atoms with Crippen LogP contribution in [0.3, 0.4) is 0 Å². The predicted octanol–water partition coefficient (Wildman–Crippen LogP) is 11.3. The van der Waals surface area contributed by atoms with E-state index in [2.05, 4.69) is 123 Å². The Morgan fingerprint density at radius 2 is 0.739 bits per heavy atom. The number of ether oxygens (including phenoxy) is 2. The van der Waals surface area contributed by atoms with Gasteiger partial charge in [0.1, 0.15) is 11.5 Å². The van der Waals surface area contributed by atoms with E-state index in [9.17, 15) is 4.79 Å². The Balaban J connectivity index is 1.000. The Morgan fingerprint density at radius 1 is 0.435 bits per heavy atom. The molecule has 0 saturated carbocycles. The Kier molecular flexibility index (Phi) is 9.70. The maximum absolute atomic E-state index is 12.5. The number of hydrogen-bond acceptors (Lipinski definition) is 3. The quantitative estimate of drug-likeness (QED) is 0.116. The second-order valence-corrected chi connectivity index (χ2v) is 11.9. The fourth-order valence-electron chi connectivity index (χ4n) is 5.82. The number of rotatable bonds is 10. The lowest BCUT2D eigenvalue weighted by Gasteiger charge is -2.13. The summed E-state index contributed by atoms with van der Waals surface area (Å²) in [5, 5.41) is 0. The molecule has 3 heteroatoms. The van der Waals surface area contributed by atoms with E-state index < -0.39 is 6.16 Å². The monoisotopic (exact) mass is 602 g/mol. The smallest absolute Gasteiger partial charge is 0.395 e. The van der Waals surface area contributed by atoms with Crippen LogP contribution in [0.1, 0.15) is 47.9 Å². The second-order valence-electron chi connectivity index (χ2n) is 11.9. The third-order valence-electron chi connectivity index (χ3n) is 8.51. The van der Waals surface area contributed by atoms with Crippen LogP contribution in [0.2, 0.25) is 0 Å². The zero-order valence-electron chi connectivity index (χ0n) is 26.3. The summed E-state index contributed by atoms with van der Waals surface area (Å²) < 4.78 is 10.9. The fourth-order valence-corrected chi connectivity index (χ4v) is 5.82. The van der Waals surface area contributed by atoms with Gasteiger partial charge >= 0.3 is 6.16 Å². The summed E-state index contributed by atoms with van der Waals surface area (Å²) in [7, 11) is 0. The van der Waals surface area contributed by atoms with Gasteiger partial charge in [-0.15, -0.1) is 0 Å². The van der Waals surface area contributed by atoms with E-state index in [1.807, 2.05) is 24.3 Å². The molecule has 0 N–H and O–H groups in total. The van der Waals surface area contributed by atoms with Gasteiger partial charge in [-0.2, -0.15) is 0 Å². The van der Waals surface area contributed by atoms with Gasteiger partial charge in [0.2, 0.25) is 0 Å². The molecule has 3 nitrogen and oxygen atoms in total. The fraction of sp³-hybridized carbons (Fsp3) is 0.140. The molecule has 0 radical (unpaired) electrons. The first-order chi connectivity index (χ1) is 22.5. The van der Waals surface area contributed by atoms with Gasteiger partial charge < -0.3 is 9.47 Å². The summed E-state index contributed by atoms with van der Waals surface area (Å²) >= 11 is 0. The van der Waals surface area contributed by atoms with Crippen LogP contribution in [0.4, 0.5) is 4.79 Å². The van der Waals surface area contributed by atoms with E-state index in [1.165, 1.54) is 22.3 Å². The van der Waals surface area contributed by atoms with Crippen LogP contribution in [0, 0.1) is 0 Å². The molecule has 0 fully saturated rings. The third kappa shape index (κ3) is 7.99. The SMILES string of the molecule is CC(Cc1ccccc1)c1ccc(-c2ccc(OC(=O)Oc3ccc(-c4ccc(C(C)Cc5ccccc5)cc4)cc3)cc2)cc1. The highest BCUT2D eigenvalue weighted by Gasteiger charge is 2.11. The lowest BCUT2D eigenvalue weighted by molar-refractivity contribution is 0.152. The van der Waals surface area contributed by atoms with Crippen LogP contribution in [0.15, 0.2) is 158 Å². The molecule has 2 atom stereocenters. The van der Waals surface area contributed by atoms with Gasteiger partial charge in [0.15, 0.2) is 0 Å². The van der Waals surface area contributed by atoms with E-state index in [0.29, 0.717) is 23.3 Å². The van der Waals surface area contributed by atoms with Crippen molar-refractivity contribution < 1.29 is 14.3 Å². The first-order valence-corrected chi connectivity index (χ1v) is 15.9. The van der Waals surface area contributed by atoms with Gasteiger partial charge in [0.05, 0.1) is 0 Å². The van der Waals surface area contributed by atoms with Gasteiger partial charge in [-0.25, -0.2) is 4.79 Å². The summed E-state index contributed by atoms with van der Waals surface area (Å²) in [6, 6.07) is 53.5. The number of carbonyl (C=O) groups excluding carboxylic acids is 1. The minimum atomic E-state index is -0.769. The number of hydrogen-bond donors (Lipinski definition) is 0. The van der Waals surface area contributed by atoms with Crippen molar-refractivity contribution in [2.75, 3.05) is 0 Å². The summed E-state index contributed by atoms with van der Waals surface area (Å²) in [6.07, 6.45) is 1.25. The molecule has 0 aliphatic heterocycles. The predicted molar refractivity (Wildman–Crippen MR) is 188 cm³/mol. The van der Waals surface area contributed by atoms with Crippen molar-refractivity contribution in [3.8, 4) is 33.8 Å². The van der Waals surface area contributed by atoms with Crippen molar-refractivity contribution in [3.05, 3.63) is 180 Å². The Morgan fingerprint density at radius 3 is 1.07 bits per heavy atom. The van der Waals surface area contributed by atoms with Crippen molar-refractivity contribution in [1.82, 2.24) is 0 Å². The summed E-state index contributed by atoms with van der Waals surface area (Å²) in [6.45, 7) is 4.52. The maximum atomic E-state index is 12.5. The van der Waals surface area contributed by atoms with Gasteiger partial charge in [0, 0.05) is 0 Å². The molecule has 0 spiro atoms. The Bertz CT molecular complexity index is 1690. The van der Waals surface area contributed by atoms with Crippen molar-refractivity contribution in [2.24, 2.45) is 0 Å². The minimum Gasteiger partial charge on any atom is -0.395 e. The van der Waals surface area contributed by atoms with Crippen LogP contribution >= 0.6 is 0 Å². The molecule has 6 aromatic rings. The zero-order valence-corrected chi connectivity index (χ0v) is 26.3. The van der Waals surface area contributed by atoms with E-state index in [-0.39, 0.29) is 0 Å². The van der Waals surface area contributed by atoms with Crippen molar-refractivity contribution in [2.45, 2.75) is 38.5 Å². The minimum absolute atomic E-state index is 0.431. The van der Waals surface area contributed by atoms with Crippen LogP contribution in [-0.2, 0) is 12.8 Å². The first-order valence-electron chi connectivity index (χ1n) is 15.9. The average molecular weight is 603 g/mol. The molecule has 0 amide bonds. The highest BCUT2D eigenvalue weighted by Crippen LogP contribution is 2.28. The molecule has 46 heavy (non-hydrogen) atoms. The van der Waals surface area contributed by atoms with Gasteiger partial charge in [0.25, 0.3) is 0 Å². The Labute approximate surface area is 272 Å². The molecular weight excluding hydrogens is 564 g/mol.